The number of carbonyl (C=O) groups is 1. The first-order chi connectivity index (χ1) is 12.8. The fourth-order valence-electron chi connectivity index (χ4n) is 3.82. The third-order valence-electron chi connectivity index (χ3n) is 5.27. The first kappa shape index (κ1) is 18.6. The molecule has 1 aromatic carbocycles. The van der Waals surface area contributed by atoms with Crippen molar-refractivity contribution < 1.29 is 14.5 Å². The minimum Gasteiger partial charge on any atom is -0.339 e. The van der Waals surface area contributed by atoms with Crippen LogP contribution in [0.15, 0.2) is 34.9 Å². The molecule has 1 saturated carbocycles. The molecule has 0 saturated heterocycles. The van der Waals surface area contributed by atoms with Crippen LogP contribution >= 0.6 is 0 Å². The molecule has 140 valence electrons. The zero-order chi connectivity index (χ0) is 18.2. The van der Waals surface area contributed by atoms with E-state index in [0.29, 0.717) is 11.7 Å². The van der Waals surface area contributed by atoms with Gasteiger partial charge in [-0.15, -0.1) is 0 Å². The third-order valence-corrected chi connectivity index (χ3v) is 5.27. The summed E-state index contributed by atoms with van der Waals surface area (Å²) in [6.07, 6.45) is 9.84. The summed E-state index contributed by atoms with van der Waals surface area (Å²) in [7, 11) is 0. The number of hydrogen-bond donors (Lipinski definition) is 2. The van der Waals surface area contributed by atoms with Crippen LogP contribution in [0.5, 0.6) is 0 Å². The van der Waals surface area contributed by atoms with Gasteiger partial charge in [0.05, 0.1) is 0 Å². The normalized spacial score (nSPS) is 16.3. The number of carbonyl (C=O) groups excluding carboxylic acids is 1. The number of nitrogens with one attached hydrogen (secondary N) is 1. The van der Waals surface area contributed by atoms with Crippen molar-refractivity contribution >= 4 is 5.91 Å². The molecule has 2 N–H and O–H groups in total. The monoisotopic (exact) mass is 357 g/mol. The molecular weight excluding hydrogens is 330 g/mol. The van der Waals surface area contributed by atoms with Crippen molar-refractivity contribution in [2.45, 2.75) is 63.7 Å². The standard InChI is InChI=1S/C20H27N3O3/c24-18(22-25)14-17(13-7-10-15-8-3-1-4-9-15)20-21-19(23-26-20)16-11-5-2-6-12-16/h2,5-6,11-12,15,17,25H,1,3-4,7-10,13-14H2,(H,22,24)/t17-/m1/s1. The van der Waals surface area contributed by atoms with Crippen LogP contribution in [-0.4, -0.2) is 21.3 Å². The summed E-state index contributed by atoms with van der Waals surface area (Å²) in [6.45, 7) is 0. The van der Waals surface area contributed by atoms with Crippen LogP contribution in [0, 0.1) is 5.92 Å². The number of nitrogens with zero attached hydrogens (tertiary/aromatic N) is 2. The van der Waals surface area contributed by atoms with Gasteiger partial charge in [-0.2, -0.15) is 4.98 Å². The van der Waals surface area contributed by atoms with Gasteiger partial charge in [0, 0.05) is 17.9 Å². The fraction of sp³-hybridized carbons (Fsp3) is 0.550. The molecule has 0 bridgehead atoms. The quantitative estimate of drug-likeness (QED) is 0.538. The Balaban J connectivity index is 1.63. The molecule has 3 rings (SSSR count). The lowest BCUT2D eigenvalue weighted by molar-refractivity contribution is -0.129. The molecule has 0 unspecified atom stereocenters. The summed E-state index contributed by atoms with van der Waals surface area (Å²) in [5, 5.41) is 12.9. The van der Waals surface area contributed by atoms with Crippen molar-refractivity contribution in [3.05, 3.63) is 36.2 Å². The molecule has 0 spiro atoms. The minimum atomic E-state index is -0.424. The molecule has 1 atom stereocenters. The average Bonchev–Trinajstić information content (AvgIpc) is 3.19. The van der Waals surface area contributed by atoms with E-state index >= 15 is 0 Å². The molecule has 1 heterocycles. The number of aromatic nitrogens is 2. The Morgan fingerprint density at radius 3 is 2.73 bits per heavy atom. The van der Waals surface area contributed by atoms with Gasteiger partial charge in [-0.3, -0.25) is 10.0 Å². The molecule has 0 radical (unpaired) electrons. The summed E-state index contributed by atoms with van der Waals surface area (Å²) in [5.41, 5.74) is 2.60. The van der Waals surface area contributed by atoms with Gasteiger partial charge < -0.3 is 4.52 Å². The molecular formula is C20H27N3O3. The number of hydroxylamine groups is 1. The number of rotatable bonds is 8. The van der Waals surface area contributed by atoms with Gasteiger partial charge in [0.15, 0.2) is 0 Å². The zero-order valence-corrected chi connectivity index (χ0v) is 15.1. The fourth-order valence-corrected chi connectivity index (χ4v) is 3.82. The van der Waals surface area contributed by atoms with E-state index in [4.69, 9.17) is 9.73 Å². The molecule has 26 heavy (non-hydrogen) atoms. The molecule has 6 heteroatoms. The number of benzene rings is 1. The molecule has 1 aliphatic carbocycles. The second-order valence-electron chi connectivity index (χ2n) is 7.19. The van der Waals surface area contributed by atoms with Crippen LogP contribution in [0.2, 0.25) is 0 Å². The highest BCUT2D eigenvalue weighted by atomic mass is 16.5. The first-order valence-corrected chi connectivity index (χ1v) is 9.58. The summed E-state index contributed by atoms with van der Waals surface area (Å²) < 4.78 is 5.45. The molecule has 1 fully saturated rings. The lowest BCUT2D eigenvalue weighted by Gasteiger charge is -2.22. The Morgan fingerprint density at radius 1 is 1.23 bits per heavy atom. The van der Waals surface area contributed by atoms with E-state index in [2.05, 4.69) is 10.1 Å². The smallest absolute Gasteiger partial charge is 0.244 e. The predicted molar refractivity (Wildman–Crippen MR) is 97.4 cm³/mol. The predicted octanol–water partition coefficient (Wildman–Crippen LogP) is 4.47. The Morgan fingerprint density at radius 2 is 2.00 bits per heavy atom. The van der Waals surface area contributed by atoms with E-state index in [1.165, 1.54) is 38.5 Å². The Labute approximate surface area is 154 Å². The van der Waals surface area contributed by atoms with Gasteiger partial charge >= 0.3 is 0 Å². The van der Waals surface area contributed by atoms with Crippen LogP contribution in [0.3, 0.4) is 0 Å². The van der Waals surface area contributed by atoms with Crippen LogP contribution < -0.4 is 5.48 Å². The van der Waals surface area contributed by atoms with E-state index < -0.39 is 5.91 Å². The second-order valence-corrected chi connectivity index (χ2v) is 7.19. The molecule has 1 aliphatic rings. The summed E-state index contributed by atoms with van der Waals surface area (Å²) in [6, 6.07) is 9.63. The van der Waals surface area contributed by atoms with Crippen LogP contribution in [0.25, 0.3) is 11.4 Å². The Bertz CT molecular complexity index is 681. The maximum absolute atomic E-state index is 11.7. The molecule has 2 aromatic rings. The van der Waals surface area contributed by atoms with E-state index in [-0.39, 0.29) is 12.3 Å². The maximum Gasteiger partial charge on any atom is 0.244 e. The van der Waals surface area contributed by atoms with Gasteiger partial charge in [-0.25, -0.2) is 5.48 Å². The van der Waals surface area contributed by atoms with Crippen molar-refractivity contribution in [3.8, 4) is 11.4 Å². The Hall–Kier alpha value is -2.21. The second kappa shape index (κ2) is 9.48. The highest BCUT2D eigenvalue weighted by molar-refractivity contribution is 5.75. The van der Waals surface area contributed by atoms with E-state index in [1.807, 2.05) is 30.3 Å². The van der Waals surface area contributed by atoms with E-state index in [1.54, 1.807) is 5.48 Å². The van der Waals surface area contributed by atoms with Crippen molar-refractivity contribution in [3.63, 3.8) is 0 Å². The van der Waals surface area contributed by atoms with Gasteiger partial charge in [0.25, 0.3) is 0 Å². The highest BCUT2D eigenvalue weighted by Crippen LogP contribution is 2.31. The average molecular weight is 357 g/mol. The lowest BCUT2D eigenvalue weighted by Crippen LogP contribution is -2.21. The van der Waals surface area contributed by atoms with Crippen molar-refractivity contribution in [2.75, 3.05) is 0 Å². The number of hydrogen-bond acceptors (Lipinski definition) is 5. The van der Waals surface area contributed by atoms with Crippen molar-refractivity contribution in [2.24, 2.45) is 5.92 Å². The van der Waals surface area contributed by atoms with Gasteiger partial charge in [0.2, 0.25) is 17.6 Å². The maximum atomic E-state index is 11.7. The lowest BCUT2D eigenvalue weighted by atomic mass is 9.84. The highest BCUT2D eigenvalue weighted by Gasteiger charge is 2.23. The topological polar surface area (TPSA) is 88.2 Å². The zero-order valence-electron chi connectivity index (χ0n) is 15.1. The van der Waals surface area contributed by atoms with E-state index in [0.717, 1.165) is 24.3 Å². The van der Waals surface area contributed by atoms with Crippen molar-refractivity contribution in [1.82, 2.24) is 15.6 Å². The summed E-state index contributed by atoms with van der Waals surface area (Å²) in [4.78, 5) is 16.2. The Kier molecular flexibility index (Phi) is 6.77. The van der Waals surface area contributed by atoms with Crippen molar-refractivity contribution in [1.29, 1.82) is 0 Å². The van der Waals surface area contributed by atoms with E-state index in [9.17, 15) is 4.79 Å². The first-order valence-electron chi connectivity index (χ1n) is 9.58. The van der Waals surface area contributed by atoms with Gasteiger partial charge in [-0.1, -0.05) is 80.4 Å². The largest absolute Gasteiger partial charge is 0.339 e. The number of amides is 1. The molecule has 1 aromatic heterocycles. The van der Waals surface area contributed by atoms with Crippen LogP contribution in [-0.2, 0) is 4.79 Å². The molecule has 6 nitrogen and oxygen atoms in total. The van der Waals surface area contributed by atoms with Crippen LogP contribution in [0.4, 0.5) is 0 Å². The molecule has 1 amide bonds. The minimum absolute atomic E-state index is 0.150. The third kappa shape index (κ3) is 5.14. The van der Waals surface area contributed by atoms with Gasteiger partial charge in [0.1, 0.15) is 0 Å². The summed E-state index contributed by atoms with van der Waals surface area (Å²) in [5.74, 6) is 1.21. The van der Waals surface area contributed by atoms with Gasteiger partial charge in [-0.05, 0) is 12.3 Å². The van der Waals surface area contributed by atoms with Crippen LogP contribution in [0.1, 0.15) is 69.6 Å². The summed E-state index contributed by atoms with van der Waals surface area (Å²) >= 11 is 0. The SMILES string of the molecule is O=C(C[C@@H](CCCC1CCCCC1)c1nc(-c2ccccc2)no1)NO. The molecule has 0 aliphatic heterocycles.